The summed E-state index contributed by atoms with van der Waals surface area (Å²) in [4.78, 5) is 38.6. The van der Waals surface area contributed by atoms with Crippen molar-refractivity contribution in [1.29, 1.82) is 0 Å². The van der Waals surface area contributed by atoms with E-state index in [2.05, 4.69) is 5.32 Å². The lowest BCUT2D eigenvalue weighted by Gasteiger charge is -2.33. The zero-order valence-electron chi connectivity index (χ0n) is 15.9. The molecule has 0 aromatic heterocycles. The summed E-state index contributed by atoms with van der Waals surface area (Å²) in [6, 6.07) is 9.73. The molecule has 9 heteroatoms. The Labute approximate surface area is 171 Å². The van der Waals surface area contributed by atoms with Crippen LogP contribution in [-0.4, -0.2) is 58.8 Å². The van der Waals surface area contributed by atoms with E-state index in [1.165, 1.54) is 29.2 Å². The third-order valence-corrected chi connectivity index (χ3v) is 5.47. The summed E-state index contributed by atoms with van der Waals surface area (Å²) in [5.74, 6) is -1.23. The van der Waals surface area contributed by atoms with E-state index in [9.17, 15) is 23.9 Å². The van der Waals surface area contributed by atoms with Gasteiger partial charge in [-0.15, -0.1) is 0 Å². The molecule has 2 aliphatic rings. The number of fused-ring (bicyclic) bond motifs is 1. The van der Waals surface area contributed by atoms with E-state index >= 15 is 0 Å². The Morgan fingerprint density at radius 3 is 2.50 bits per heavy atom. The Balaban J connectivity index is 1.55. The number of nitrogens with one attached hydrogen (secondary N) is 1. The van der Waals surface area contributed by atoms with Crippen molar-refractivity contribution in [2.24, 2.45) is 0 Å². The van der Waals surface area contributed by atoms with Crippen LogP contribution in [0.2, 0.25) is 0 Å². The number of aliphatic hydroxyl groups excluding tert-OH is 1. The second-order valence-electron chi connectivity index (χ2n) is 7.36. The summed E-state index contributed by atoms with van der Waals surface area (Å²) in [7, 11) is 0. The highest BCUT2D eigenvalue weighted by molar-refractivity contribution is 5.97. The molecule has 1 fully saturated rings. The number of carbonyl (C=O) groups is 3. The lowest BCUT2D eigenvalue weighted by Crippen LogP contribution is -2.52. The molecule has 0 saturated carbocycles. The van der Waals surface area contributed by atoms with E-state index in [0.717, 1.165) is 10.5 Å². The summed E-state index contributed by atoms with van der Waals surface area (Å²) in [5, 5.41) is 22.3. The quantitative estimate of drug-likeness (QED) is 0.707. The lowest BCUT2D eigenvalue weighted by molar-refractivity contribution is -0.120. The predicted octanol–water partition coefficient (Wildman–Crippen LogP) is 1.54. The number of piperazine rings is 1. The maximum absolute atomic E-state index is 13.1. The number of amides is 3. The Hall–Kier alpha value is -3.46. The first kappa shape index (κ1) is 19.8. The van der Waals surface area contributed by atoms with Gasteiger partial charge in [0.05, 0.1) is 12.1 Å². The summed E-state index contributed by atoms with van der Waals surface area (Å²) in [5.41, 5.74) is 2.41. The number of aliphatic hydroxyl groups is 1. The Kier molecular flexibility index (Phi) is 5.13. The molecule has 1 saturated heterocycles. The molecule has 30 heavy (non-hydrogen) atoms. The predicted molar refractivity (Wildman–Crippen MR) is 105 cm³/mol. The number of nitrogens with zero attached hydrogens (tertiary/aromatic N) is 2. The van der Waals surface area contributed by atoms with Crippen LogP contribution in [0.1, 0.15) is 27.5 Å². The largest absolute Gasteiger partial charge is 0.465 e. The van der Waals surface area contributed by atoms with Crippen LogP contribution in [0.3, 0.4) is 0 Å². The van der Waals surface area contributed by atoms with Gasteiger partial charge in [0.2, 0.25) is 5.91 Å². The fourth-order valence-electron chi connectivity index (χ4n) is 3.89. The number of carboxylic acid groups (broad SMARTS) is 1. The zero-order valence-corrected chi connectivity index (χ0v) is 15.9. The van der Waals surface area contributed by atoms with E-state index < -0.39 is 30.0 Å². The fourth-order valence-corrected chi connectivity index (χ4v) is 3.89. The van der Waals surface area contributed by atoms with Gasteiger partial charge >= 0.3 is 6.09 Å². The van der Waals surface area contributed by atoms with Crippen LogP contribution in [0, 0.1) is 5.82 Å². The van der Waals surface area contributed by atoms with E-state index in [1.807, 2.05) is 0 Å². The minimum atomic E-state index is -1.14. The highest BCUT2D eigenvalue weighted by Gasteiger charge is 2.34. The van der Waals surface area contributed by atoms with Gasteiger partial charge in [-0.3, -0.25) is 14.5 Å². The van der Waals surface area contributed by atoms with Crippen LogP contribution >= 0.6 is 0 Å². The number of hydrogen-bond donors (Lipinski definition) is 3. The summed E-state index contributed by atoms with van der Waals surface area (Å²) in [6.45, 7) is 0.199. The molecule has 2 aromatic carbocycles. The number of halogens is 1. The van der Waals surface area contributed by atoms with Crippen LogP contribution in [0.25, 0.3) is 0 Å². The highest BCUT2D eigenvalue weighted by Crippen LogP contribution is 2.35. The van der Waals surface area contributed by atoms with Crippen LogP contribution in [-0.2, 0) is 11.2 Å². The summed E-state index contributed by atoms with van der Waals surface area (Å²) < 4.78 is 13.1. The molecule has 1 aliphatic heterocycles. The second kappa shape index (κ2) is 7.75. The number of rotatable bonds is 3. The number of carbonyl (C=O) groups excluding carboxylic acids is 2. The fraction of sp³-hybridized carbons (Fsp3) is 0.286. The first-order valence-corrected chi connectivity index (χ1v) is 9.49. The van der Waals surface area contributed by atoms with Gasteiger partial charge in [0, 0.05) is 30.8 Å². The molecule has 0 spiro atoms. The molecule has 8 nitrogen and oxygen atoms in total. The Morgan fingerprint density at radius 2 is 1.83 bits per heavy atom. The Morgan fingerprint density at radius 1 is 1.10 bits per heavy atom. The molecule has 3 N–H and O–H groups in total. The molecule has 0 bridgehead atoms. The number of benzene rings is 2. The summed E-state index contributed by atoms with van der Waals surface area (Å²) >= 11 is 0. The van der Waals surface area contributed by atoms with Crippen molar-refractivity contribution >= 4 is 23.6 Å². The van der Waals surface area contributed by atoms with Gasteiger partial charge in [0.25, 0.3) is 5.91 Å². The Bertz CT molecular complexity index is 1010. The van der Waals surface area contributed by atoms with E-state index in [1.54, 1.807) is 18.2 Å². The van der Waals surface area contributed by atoms with Crippen molar-refractivity contribution in [1.82, 2.24) is 10.2 Å². The maximum Gasteiger partial charge on any atom is 0.407 e. The number of hydrogen-bond acceptors (Lipinski definition) is 4. The van der Waals surface area contributed by atoms with Crippen LogP contribution in [0.5, 0.6) is 0 Å². The van der Waals surface area contributed by atoms with Gasteiger partial charge in [0.15, 0.2) is 0 Å². The second-order valence-corrected chi connectivity index (χ2v) is 7.36. The minimum absolute atomic E-state index is 0.200. The van der Waals surface area contributed by atoms with Crippen molar-refractivity contribution in [3.05, 3.63) is 65.0 Å². The van der Waals surface area contributed by atoms with Gasteiger partial charge < -0.3 is 20.4 Å². The van der Waals surface area contributed by atoms with Crippen LogP contribution < -0.4 is 10.2 Å². The normalized spacial score (nSPS) is 20.8. The van der Waals surface area contributed by atoms with Crippen molar-refractivity contribution in [2.75, 3.05) is 24.5 Å². The smallest absolute Gasteiger partial charge is 0.407 e. The van der Waals surface area contributed by atoms with Crippen molar-refractivity contribution in [2.45, 2.75) is 18.6 Å². The molecule has 0 radical (unpaired) electrons. The third kappa shape index (κ3) is 3.71. The van der Waals surface area contributed by atoms with Gasteiger partial charge in [-0.25, -0.2) is 9.18 Å². The molecule has 0 unspecified atom stereocenters. The SMILES string of the molecule is O=C(N[C@H]1c2cc(N3CCN(C(=O)O)CC3=O)ccc2C[C@@H]1O)c1ccc(F)cc1. The molecule has 3 amide bonds. The molecule has 2 atom stereocenters. The van der Waals surface area contributed by atoms with Crippen molar-refractivity contribution in [3.63, 3.8) is 0 Å². The monoisotopic (exact) mass is 413 g/mol. The maximum atomic E-state index is 13.1. The highest BCUT2D eigenvalue weighted by atomic mass is 19.1. The standard InChI is InChI=1S/C21H20FN3O5/c22-14-4-1-12(2-5-14)20(28)23-19-16-10-15(6-3-13(16)9-17(19)26)25-8-7-24(21(29)30)11-18(25)27/h1-6,10,17,19,26H,7-9,11H2,(H,23,28)(H,29,30)/t17-,19-/m0/s1. The lowest BCUT2D eigenvalue weighted by atomic mass is 10.0. The molecular formula is C21H20FN3O5. The first-order chi connectivity index (χ1) is 14.3. The van der Waals surface area contributed by atoms with Crippen molar-refractivity contribution < 1.29 is 29.0 Å². The molecule has 1 heterocycles. The van der Waals surface area contributed by atoms with Gasteiger partial charge in [-0.2, -0.15) is 0 Å². The van der Waals surface area contributed by atoms with Crippen LogP contribution in [0.4, 0.5) is 14.9 Å². The molecule has 4 rings (SSSR count). The minimum Gasteiger partial charge on any atom is -0.465 e. The topological polar surface area (TPSA) is 110 Å². The molecule has 1 aliphatic carbocycles. The molecule has 156 valence electrons. The van der Waals surface area contributed by atoms with Gasteiger partial charge in [0.1, 0.15) is 12.4 Å². The average molecular weight is 413 g/mol. The van der Waals surface area contributed by atoms with Gasteiger partial charge in [-0.05, 0) is 47.5 Å². The van der Waals surface area contributed by atoms with E-state index in [4.69, 9.17) is 5.11 Å². The molecule has 2 aromatic rings. The average Bonchev–Trinajstić information content (AvgIpc) is 3.02. The van der Waals surface area contributed by atoms with Gasteiger partial charge in [-0.1, -0.05) is 6.07 Å². The summed E-state index contributed by atoms with van der Waals surface area (Å²) in [6.07, 6.45) is -1.62. The van der Waals surface area contributed by atoms with Crippen molar-refractivity contribution in [3.8, 4) is 0 Å². The first-order valence-electron chi connectivity index (χ1n) is 9.49. The van der Waals surface area contributed by atoms with E-state index in [-0.39, 0.29) is 31.1 Å². The number of anilines is 1. The molecular weight excluding hydrogens is 393 g/mol. The zero-order chi connectivity index (χ0) is 21.4. The van der Waals surface area contributed by atoms with E-state index in [0.29, 0.717) is 17.7 Å². The third-order valence-electron chi connectivity index (χ3n) is 5.47. The van der Waals surface area contributed by atoms with Crippen LogP contribution in [0.15, 0.2) is 42.5 Å².